The van der Waals surface area contributed by atoms with E-state index in [1.54, 1.807) is 12.1 Å². The first-order chi connectivity index (χ1) is 18.1. The molecule has 4 unspecified atom stereocenters. The van der Waals surface area contributed by atoms with Gasteiger partial charge in [-0.3, -0.25) is 14.4 Å². The highest BCUT2D eigenvalue weighted by Crippen LogP contribution is 2.11. The van der Waals surface area contributed by atoms with Crippen molar-refractivity contribution in [1.29, 1.82) is 0 Å². The van der Waals surface area contributed by atoms with E-state index in [1.165, 1.54) is 24.7 Å². The number of benzene rings is 1. The average Bonchev–Trinajstić information content (AvgIpc) is 3.40. The molecule has 1 heterocycles. The van der Waals surface area contributed by atoms with Crippen LogP contribution in [0.25, 0.3) is 0 Å². The molecule has 3 amide bonds. The van der Waals surface area contributed by atoms with Crippen LogP contribution in [0.3, 0.4) is 0 Å². The first-order valence-corrected chi connectivity index (χ1v) is 12.1. The smallest absolute Gasteiger partial charge is 0.326 e. The summed E-state index contributed by atoms with van der Waals surface area (Å²) < 4.78 is 0. The van der Waals surface area contributed by atoms with E-state index in [0.29, 0.717) is 30.6 Å². The number of amides is 3. The van der Waals surface area contributed by atoms with E-state index in [-0.39, 0.29) is 25.0 Å². The van der Waals surface area contributed by atoms with Gasteiger partial charge < -0.3 is 47.7 Å². The van der Waals surface area contributed by atoms with Gasteiger partial charge in [0.2, 0.25) is 17.7 Å². The number of imidazole rings is 1. The number of aromatic hydroxyl groups is 1. The molecule has 0 aliphatic heterocycles. The normalized spacial score (nSPS) is 14.1. The molecule has 14 heteroatoms. The van der Waals surface area contributed by atoms with Gasteiger partial charge in [0, 0.05) is 18.3 Å². The number of unbranched alkanes of at least 4 members (excludes halogenated alkanes) is 1. The second-order valence-corrected chi connectivity index (χ2v) is 8.75. The largest absolute Gasteiger partial charge is 0.508 e. The number of H-pyrrole nitrogens is 1. The molecule has 0 aliphatic carbocycles. The maximum atomic E-state index is 13.0. The maximum Gasteiger partial charge on any atom is 0.326 e. The van der Waals surface area contributed by atoms with Crippen LogP contribution in [0.1, 0.15) is 30.5 Å². The lowest BCUT2D eigenvalue weighted by Crippen LogP contribution is -2.58. The summed E-state index contributed by atoms with van der Waals surface area (Å²) in [7, 11) is 0. The van der Waals surface area contributed by atoms with Gasteiger partial charge >= 0.3 is 5.97 Å². The standard InChI is InChI=1S/C24H35N7O7/c25-8-2-1-3-18(24(37)38)29-22(35)19(10-15-11-27-13-28-15)30-23(36)20(12-32)31-21(34)17(26)9-14-4-6-16(33)7-5-14/h4-7,11,13,17-20,32-33H,1-3,8-10,12,25-26H2,(H,27,28)(H,29,35)(H,30,36)(H,31,34)(H,37,38). The zero-order chi connectivity index (χ0) is 28.1. The SMILES string of the molecule is NCCCCC(NC(=O)C(Cc1cnc[nH]1)NC(=O)C(CO)NC(=O)C(N)Cc1ccc(O)cc1)C(=O)O. The number of nitrogens with two attached hydrogens (primary N) is 2. The number of carbonyl (C=O) groups excluding carboxylic acids is 3. The first-order valence-electron chi connectivity index (χ1n) is 12.1. The third kappa shape index (κ3) is 9.80. The molecule has 38 heavy (non-hydrogen) atoms. The predicted octanol–water partition coefficient (Wildman–Crippen LogP) is -2.11. The van der Waals surface area contributed by atoms with E-state index in [9.17, 15) is 34.5 Å². The van der Waals surface area contributed by atoms with Crippen LogP contribution in [0.5, 0.6) is 5.75 Å². The summed E-state index contributed by atoms with van der Waals surface area (Å²) in [6.45, 7) is -0.398. The minimum Gasteiger partial charge on any atom is -0.508 e. The van der Waals surface area contributed by atoms with Crippen molar-refractivity contribution in [3.63, 3.8) is 0 Å². The van der Waals surface area contributed by atoms with Crippen molar-refractivity contribution >= 4 is 23.7 Å². The van der Waals surface area contributed by atoms with Gasteiger partial charge in [-0.05, 0) is 49.9 Å². The van der Waals surface area contributed by atoms with Gasteiger partial charge in [0.15, 0.2) is 0 Å². The van der Waals surface area contributed by atoms with Gasteiger partial charge in [-0.1, -0.05) is 12.1 Å². The molecule has 11 N–H and O–H groups in total. The zero-order valence-electron chi connectivity index (χ0n) is 20.8. The number of aliphatic hydroxyl groups excluding tert-OH is 1. The lowest BCUT2D eigenvalue weighted by Gasteiger charge is -2.24. The Balaban J connectivity index is 2.06. The molecular weight excluding hydrogens is 498 g/mol. The number of carboxylic acids is 1. The van der Waals surface area contributed by atoms with Gasteiger partial charge in [-0.15, -0.1) is 0 Å². The van der Waals surface area contributed by atoms with Crippen LogP contribution < -0.4 is 27.4 Å². The number of rotatable bonds is 16. The Labute approximate surface area is 219 Å². The van der Waals surface area contributed by atoms with Crippen LogP contribution >= 0.6 is 0 Å². The van der Waals surface area contributed by atoms with Crippen molar-refractivity contribution in [2.45, 2.75) is 56.3 Å². The minimum atomic E-state index is -1.43. The van der Waals surface area contributed by atoms with Crippen LogP contribution in [-0.2, 0) is 32.0 Å². The Morgan fingerprint density at radius 2 is 1.55 bits per heavy atom. The number of aliphatic carboxylic acids is 1. The summed E-state index contributed by atoms with van der Waals surface area (Å²) in [5.41, 5.74) is 12.5. The average molecular weight is 534 g/mol. The Hall–Kier alpha value is -4.01. The molecule has 0 fully saturated rings. The zero-order valence-corrected chi connectivity index (χ0v) is 20.8. The minimum absolute atomic E-state index is 0.0564. The molecule has 0 aliphatic rings. The quantitative estimate of drug-likeness (QED) is 0.106. The number of hydrogen-bond acceptors (Lipinski definition) is 9. The first kappa shape index (κ1) is 30.2. The molecule has 4 atom stereocenters. The Kier molecular flexibility index (Phi) is 12.2. The molecule has 0 saturated carbocycles. The van der Waals surface area contributed by atoms with E-state index in [2.05, 4.69) is 25.9 Å². The number of carboxylic acid groups (broad SMARTS) is 1. The number of aromatic nitrogens is 2. The molecule has 0 spiro atoms. The topological polar surface area (TPSA) is 246 Å². The van der Waals surface area contributed by atoms with Crippen LogP contribution in [-0.4, -0.2) is 86.3 Å². The molecule has 2 rings (SSSR count). The molecule has 0 bridgehead atoms. The fourth-order valence-electron chi connectivity index (χ4n) is 3.57. The lowest BCUT2D eigenvalue weighted by atomic mass is 10.1. The van der Waals surface area contributed by atoms with Crippen molar-refractivity contribution in [2.24, 2.45) is 11.5 Å². The van der Waals surface area contributed by atoms with Crippen molar-refractivity contribution in [3.05, 3.63) is 48.0 Å². The fraction of sp³-hybridized carbons (Fsp3) is 0.458. The fourth-order valence-corrected chi connectivity index (χ4v) is 3.57. The summed E-state index contributed by atoms with van der Waals surface area (Å²) in [6, 6.07) is 1.16. The molecule has 14 nitrogen and oxygen atoms in total. The molecule has 1 aromatic heterocycles. The van der Waals surface area contributed by atoms with Crippen molar-refractivity contribution in [2.75, 3.05) is 13.2 Å². The van der Waals surface area contributed by atoms with E-state index < -0.39 is 54.5 Å². The van der Waals surface area contributed by atoms with Gasteiger partial charge in [0.1, 0.15) is 23.9 Å². The summed E-state index contributed by atoms with van der Waals surface area (Å²) >= 11 is 0. The van der Waals surface area contributed by atoms with Gasteiger partial charge in [0.05, 0.1) is 19.0 Å². The molecule has 208 valence electrons. The van der Waals surface area contributed by atoms with Crippen LogP contribution in [0.15, 0.2) is 36.8 Å². The number of nitrogens with zero attached hydrogens (tertiary/aromatic N) is 1. The number of hydrogen-bond donors (Lipinski definition) is 9. The molecule has 1 aromatic carbocycles. The predicted molar refractivity (Wildman–Crippen MR) is 135 cm³/mol. The molecule has 2 aromatic rings. The highest BCUT2D eigenvalue weighted by atomic mass is 16.4. The maximum absolute atomic E-state index is 13.0. The second kappa shape index (κ2) is 15.3. The van der Waals surface area contributed by atoms with E-state index in [0.717, 1.165) is 0 Å². The van der Waals surface area contributed by atoms with Crippen molar-refractivity contribution in [3.8, 4) is 5.75 Å². The lowest BCUT2D eigenvalue weighted by molar-refractivity contribution is -0.142. The summed E-state index contributed by atoms with van der Waals surface area (Å²) in [6.07, 6.45) is 4.09. The van der Waals surface area contributed by atoms with E-state index in [4.69, 9.17) is 11.5 Å². The molecule has 0 saturated heterocycles. The number of aliphatic hydroxyl groups is 1. The van der Waals surface area contributed by atoms with Crippen molar-refractivity contribution in [1.82, 2.24) is 25.9 Å². The van der Waals surface area contributed by atoms with Crippen LogP contribution in [0.4, 0.5) is 0 Å². The monoisotopic (exact) mass is 533 g/mol. The third-order valence-electron chi connectivity index (χ3n) is 5.72. The Morgan fingerprint density at radius 3 is 2.13 bits per heavy atom. The Morgan fingerprint density at radius 1 is 0.921 bits per heavy atom. The van der Waals surface area contributed by atoms with Crippen LogP contribution in [0, 0.1) is 0 Å². The molecular formula is C24H35N7O7. The number of aromatic amines is 1. The number of carbonyl (C=O) groups is 4. The number of phenols is 1. The van der Waals surface area contributed by atoms with Gasteiger partial charge in [0.25, 0.3) is 0 Å². The van der Waals surface area contributed by atoms with E-state index in [1.807, 2.05) is 0 Å². The van der Waals surface area contributed by atoms with E-state index >= 15 is 0 Å². The second-order valence-electron chi connectivity index (χ2n) is 8.75. The molecule has 0 radical (unpaired) electrons. The highest BCUT2D eigenvalue weighted by Gasteiger charge is 2.30. The highest BCUT2D eigenvalue weighted by molar-refractivity contribution is 5.94. The van der Waals surface area contributed by atoms with Crippen molar-refractivity contribution < 1.29 is 34.5 Å². The third-order valence-corrected chi connectivity index (χ3v) is 5.72. The number of phenolic OH excluding ortho intramolecular Hbond substituents is 1. The van der Waals surface area contributed by atoms with Gasteiger partial charge in [-0.25, -0.2) is 9.78 Å². The summed E-state index contributed by atoms with van der Waals surface area (Å²) in [4.78, 5) is 56.8. The Bertz CT molecular complexity index is 1050. The van der Waals surface area contributed by atoms with Gasteiger partial charge in [-0.2, -0.15) is 0 Å². The number of nitrogens with one attached hydrogen (secondary N) is 4. The summed E-state index contributed by atoms with van der Waals surface area (Å²) in [5.74, 6) is -3.52. The van der Waals surface area contributed by atoms with Crippen LogP contribution in [0.2, 0.25) is 0 Å². The summed E-state index contributed by atoms with van der Waals surface area (Å²) in [5, 5.41) is 35.9.